The van der Waals surface area contributed by atoms with E-state index < -0.39 is 0 Å². The quantitative estimate of drug-likeness (QED) is 0.177. The Labute approximate surface area is 332 Å². The minimum atomic E-state index is 0.903. The van der Waals surface area contributed by atoms with Crippen LogP contribution in [0, 0.1) is 0 Å². The van der Waals surface area contributed by atoms with Gasteiger partial charge in [0.2, 0.25) is 0 Å². The number of fused-ring (bicyclic) bond motifs is 12. The minimum Gasteiger partial charge on any atom is -0.456 e. The second-order valence-corrected chi connectivity index (χ2v) is 15.3. The third-order valence-corrected chi connectivity index (χ3v) is 12.2. The number of para-hydroxylation sites is 5. The Bertz CT molecular complexity index is 3770. The third kappa shape index (κ3) is 4.40. The van der Waals surface area contributed by atoms with Crippen molar-refractivity contribution in [1.29, 1.82) is 0 Å². The molecule has 4 heterocycles. The first-order chi connectivity index (χ1) is 28.8. The molecule has 0 atom stereocenters. The van der Waals surface area contributed by atoms with E-state index in [0.29, 0.717) is 0 Å². The van der Waals surface area contributed by atoms with E-state index in [1.807, 2.05) is 6.07 Å². The van der Waals surface area contributed by atoms with Crippen molar-refractivity contribution in [3.8, 4) is 28.2 Å². The lowest BCUT2D eigenvalue weighted by Gasteiger charge is -2.10. The van der Waals surface area contributed by atoms with Gasteiger partial charge in [0.25, 0.3) is 0 Å². The summed E-state index contributed by atoms with van der Waals surface area (Å²) in [6.45, 7) is 0. The van der Waals surface area contributed by atoms with Gasteiger partial charge in [0, 0.05) is 60.2 Å². The van der Waals surface area contributed by atoms with Gasteiger partial charge >= 0.3 is 0 Å². The van der Waals surface area contributed by atoms with E-state index in [2.05, 4.69) is 208 Å². The highest BCUT2D eigenvalue weighted by atomic mass is 16.3. The summed E-state index contributed by atoms with van der Waals surface area (Å²) in [4.78, 5) is 0. The Morgan fingerprint density at radius 3 is 1.33 bits per heavy atom. The van der Waals surface area contributed by atoms with Crippen LogP contribution in [0.25, 0.3) is 116 Å². The predicted molar refractivity (Wildman–Crippen MR) is 242 cm³/mol. The first-order valence-corrected chi connectivity index (χ1v) is 19.8. The Balaban J connectivity index is 1.07. The number of furan rings is 1. The first-order valence-electron chi connectivity index (χ1n) is 19.8. The van der Waals surface area contributed by atoms with Gasteiger partial charge in [-0.3, -0.25) is 0 Å². The molecule has 0 bridgehead atoms. The number of benzene rings is 9. The van der Waals surface area contributed by atoms with Gasteiger partial charge in [0.1, 0.15) is 11.2 Å². The summed E-state index contributed by atoms with van der Waals surface area (Å²) in [7, 11) is 0. The van der Waals surface area contributed by atoms with Crippen molar-refractivity contribution >= 4 is 87.4 Å². The third-order valence-electron chi connectivity index (χ3n) is 12.2. The smallest absolute Gasteiger partial charge is 0.136 e. The van der Waals surface area contributed by atoms with Gasteiger partial charge in [-0.15, -0.1) is 0 Å². The molecule has 13 rings (SSSR count). The van der Waals surface area contributed by atoms with Crippen LogP contribution in [-0.2, 0) is 0 Å². The van der Waals surface area contributed by atoms with E-state index >= 15 is 0 Å². The largest absolute Gasteiger partial charge is 0.456 e. The lowest BCUT2D eigenvalue weighted by Crippen LogP contribution is -1.94. The zero-order valence-corrected chi connectivity index (χ0v) is 31.3. The molecule has 0 unspecified atom stereocenters. The summed E-state index contributed by atoms with van der Waals surface area (Å²) in [5.74, 6) is 0. The van der Waals surface area contributed by atoms with Crippen molar-refractivity contribution in [2.24, 2.45) is 0 Å². The van der Waals surface area contributed by atoms with Crippen molar-refractivity contribution in [1.82, 2.24) is 13.7 Å². The molecule has 0 amide bonds. The number of rotatable bonds is 4. The molecule has 270 valence electrons. The van der Waals surface area contributed by atoms with Crippen molar-refractivity contribution in [2.75, 3.05) is 0 Å². The molecule has 0 spiro atoms. The van der Waals surface area contributed by atoms with Gasteiger partial charge in [-0.2, -0.15) is 0 Å². The SMILES string of the molecule is c1ccc(-n2c3ccc(-c4ccc5c6cc7c(cc6n(-c6ccccc6)c5c4)c4ccccc4n7-c4ccccc4)cc3c3cc4oc5ccccc5c4cc32)cc1. The van der Waals surface area contributed by atoms with Crippen LogP contribution in [0.5, 0.6) is 0 Å². The molecule has 0 N–H and O–H groups in total. The zero-order valence-electron chi connectivity index (χ0n) is 31.3. The van der Waals surface area contributed by atoms with Crippen LogP contribution >= 0.6 is 0 Å². The van der Waals surface area contributed by atoms with E-state index in [0.717, 1.165) is 44.5 Å². The van der Waals surface area contributed by atoms with Gasteiger partial charge in [-0.25, -0.2) is 0 Å². The molecule has 13 aromatic rings. The highest BCUT2D eigenvalue weighted by Gasteiger charge is 2.21. The standard InChI is InChI=1S/C54H33N3O/c1-4-14-36(15-5-1)55-47-22-12-10-20-39(47)43-30-51-44(31-50(43)55)40-26-24-35(29-49(40)57(51)38-18-8-3-9-19-38)34-25-27-48-42(28-34)45-33-54-46(41-21-11-13-23-53(41)58-54)32-52(45)56(48)37-16-6-2-7-17-37/h1-33H. The topological polar surface area (TPSA) is 27.9 Å². The molecule has 0 aliphatic rings. The summed E-state index contributed by atoms with van der Waals surface area (Å²) < 4.78 is 13.7. The van der Waals surface area contributed by atoms with Gasteiger partial charge < -0.3 is 18.1 Å². The Morgan fingerprint density at radius 2 is 0.672 bits per heavy atom. The number of hydrogen-bond acceptors (Lipinski definition) is 1. The Morgan fingerprint density at radius 1 is 0.241 bits per heavy atom. The maximum absolute atomic E-state index is 6.44. The van der Waals surface area contributed by atoms with E-state index in [1.165, 1.54) is 71.0 Å². The van der Waals surface area contributed by atoms with Gasteiger partial charge in [0.05, 0.1) is 33.1 Å². The van der Waals surface area contributed by atoms with E-state index in [9.17, 15) is 0 Å². The lowest BCUT2D eigenvalue weighted by molar-refractivity contribution is 0.669. The zero-order chi connectivity index (χ0) is 37.9. The fourth-order valence-electron chi connectivity index (χ4n) is 9.64. The van der Waals surface area contributed by atoms with Crippen molar-refractivity contribution in [2.45, 2.75) is 0 Å². The molecule has 58 heavy (non-hydrogen) atoms. The van der Waals surface area contributed by atoms with Crippen LogP contribution < -0.4 is 0 Å². The van der Waals surface area contributed by atoms with Gasteiger partial charge in [0.15, 0.2) is 0 Å². The van der Waals surface area contributed by atoms with Crippen LogP contribution in [0.4, 0.5) is 0 Å². The number of aromatic nitrogens is 3. The Kier molecular flexibility index (Phi) is 6.41. The van der Waals surface area contributed by atoms with Crippen LogP contribution in [0.2, 0.25) is 0 Å². The maximum Gasteiger partial charge on any atom is 0.136 e. The molecule has 0 saturated heterocycles. The average Bonchev–Trinajstić information content (AvgIpc) is 4.01. The highest BCUT2D eigenvalue weighted by molar-refractivity contribution is 6.20. The molecule has 0 aliphatic heterocycles. The van der Waals surface area contributed by atoms with Crippen LogP contribution in [0.1, 0.15) is 0 Å². The van der Waals surface area contributed by atoms with E-state index in [1.54, 1.807) is 0 Å². The molecule has 0 fully saturated rings. The summed E-state index contributed by atoms with van der Waals surface area (Å²) in [5, 5.41) is 9.57. The molecule has 4 nitrogen and oxygen atoms in total. The minimum absolute atomic E-state index is 0.903. The van der Waals surface area contributed by atoms with Crippen molar-refractivity contribution in [3.05, 3.63) is 200 Å². The molecule has 0 aliphatic carbocycles. The van der Waals surface area contributed by atoms with E-state index in [4.69, 9.17) is 4.42 Å². The highest BCUT2D eigenvalue weighted by Crippen LogP contribution is 2.43. The normalized spacial score (nSPS) is 12.1. The van der Waals surface area contributed by atoms with E-state index in [-0.39, 0.29) is 0 Å². The summed E-state index contributed by atoms with van der Waals surface area (Å²) >= 11 is 0. The van der Waals surface area contributed by atoms with Crippen molar-refractivity contribution < 1.29 is 4.42 Å². The molecular weight excluding hydrogens is 707 g/mol. The van der Waals surface area contributed by atoms with Gasteiger partial charge in [-0.1, -0.05) is 109 Å². The van der Waals surface area contributed by atoms with Crippen LogP contribution in [0.15, 0.2) is 205 Å². The fraction of sp³-hybridized carbons (Fsp3) is 0. The molecular formula is C54H33N3O. The Hall–Kier alpha value is -7.82. The summed E-state index contributed by atoms with van der Waals surface area (Å²) in [6, 6.07) is 72.6. The molecule has 0 radical (unpaired) electrons. The lowest BCUT2D eigenvalue weighted by atomic mass is 10.0. The average molecular weight is 740 g/mol. The maximum atomic E-state index is 6.44. The van der Waals surface area contributed by atoms with Crippen LogP contribution in [0.3, 0.4) is 0 Å². The summed E-state index contributed by atoms with van der Waals surface area (Å²) in [6.07, 6.45) is 0. The number of hydrogen-bond donors (Lipinski definition) is 0. The van der Waals surface area contributed by atoms with Gasteiger partial charge in [-0.05, 0) is 102 Å². The fourth-order valence-corrected chi connectivity index (χ4v) is 9.64. The molecule has 9 aromatic carbocycles. The van der Waals surface area contributed by atoms with Crippen molar-refractivity contribution in [3.63, 3.8) is 0 Å². The molecule has 4 aromatic heterocycles. The predicted octanol–water partition coefficient (Wildman–Crippen LogP) is 14.5. The van der Waals surface area contributed by atoms with Crippen LogP contribution in [-0.4, -0.2) is 13.7 Å². The molecule has 4 heteroatoms. The summed E-state index contributed by atoms with van der Waals surface area (Å²) in [5.41, 5.74) is 14.7. The molecule has 0 saturated carbocycles. The number of nitrogens with zero attached hydrogens (tertiary/aromatic N) is 3. The monoisotopic (exact) mass is 739 g/mol. The second-order valence-electron chi connectivity index (χ2n) is 15.3. The first kappa shape index (κ1) is 31.4. The second kappa shape index (κ2) is 11.8.